The van der Waals surface area contributed by atoms with Gasteiger partial charge < -0.3 is 9.80 Å². The summed E-state index contributed by atoms with van der Waals surface area (Å²) in [6.07, 6.45) is 35.1. The number of benzene rings is 3. The number of hydrogen-bond acceptors (Lipinski definition) is 2. The minimum absolute atomic E-state index is 0.274. The lowest BCUT2D eigenvalue weighted by molar-refractivity contribution is 0.527. The summed E-state index contributed by atoms with van der Waals surface area (Å²) in [6, 6.07) is 30.3. The van der Waals surface area contributed by atoms with Crippen molar-refractivity contribution in [2.24, 2.45) is 11.8 Å². The summed E-state index contributed by atoms with van der Waals surface area (Å²) in [5.41, 5.74) is 9.06. The Labute approximate surface area is 268 Å². The van der Waals surface area contributed by atoms with E-state index < -0.39 is 0 Å². The Bertz CT molecular complexity index is 1800. The summed E-state index contributed by atoms with van der Waals surface area (Å²) in [6.45, 7) is 2.08. The molecule has 45 heavy (non-hydrogen) atoms. The maximum atomic E-state index is 2.66. The number of fused-ring (bicyclic) bond motifs is 4. The third-order valence-electron chi connectivity index (χ3n) is 10.4. The number of para-hydroxylation sites is 1. The molecule has 5 unspecified atom stereocenters. The molecular formula is C43H40N2. The van der Waals surface area contributed by atoms with Crippen LogP contribution in [-0.2, 0) is 5.41 Å². The Hall–Kier alpha value is -4.82. The van der Waals surface area contributed by atoms with Gasteiger partial charge in [-0.3, -0.25) is 0 Å². The fraction of sp³-hybridized carbons (Fsp3) is 0.209. The van der Waals surface area contributed by atoms with Crippen molar-refractivity contribution in [3.8, 4) is 0 Å². The van der Waals surface area contributed by atoms with E-state index in [9.17, 15) is 0 Å². The van der Waals surface area contributed by atoms with Crippen LogP contribution in [0.4, 0.5) is 17.1 Å². The zero-order valence-corrected chi connectivity index (χ0v) is 25.9. The van der Waals surface area contributed by atoms with Crippen LogP contribution in [0.3, 0.4) is 0 Å². The molecule has 2 heterocycles. The minimum Gasteiger partial charge on any atom is -0.357 e. The quantitative estimate of drug-likeness (QED) is 0.266. The fourth-order valence-electron chi connectivity index (χ4n) is 8.52. The van der Waals surface area contributed by atoms with Crippen LogP contribution in [0.15, 0.2) is 175 Å². The third kappa shape index (κ3) is 4.46. The van der Waals surface area contributed by atoms with Crippen LogP contribution in [0.2, 0.25) is 0 Å². The topological polar surface area (TPSA) is 6.48 Å². The summed E-state index contributed by atoms with van der Waals surface area (Å²) in [5.74, 6) is 0.973. The summed E-state index contributed by atoms with van der Waals surface area (Å²) in [7, 11) is 0. The third-order valence-corrected chi connectivity index (χ3v) is 10.4. The molecule has 0 bridgehead atoms. The molecule has 5 atom stereocenters. The van der Waals surface area contributed by atoms with Crippen molar-refractivity contribution in [3.05, 3.63) is 186 Å². The zero-order valence-electron chi connectivity index (χ0n) is 25.9. The van der Waals surface area contributed by atoms with Gasteiger partial charge in [0.1, 0.15) is 0 Å². The van der Waals surface area contributed by atoms with Crippen molar-refractivity contribution in [3.63, 3.8) is 0 Å². The lowest BCUT2D eigenvalue weighted by atomic mass is 9.63. The van der Waals surface area contributed by atoms with Crippen molar-refractivity contribution in [2.45, 2.75) is 43.7 Å². The highest BCUT2D eigenvalue weighted by atomic mass is 15.2. The van der Waals surface area contributed by atoms with E-state index in [1.165, 1.54) is 39.5 Å². The molecular weight excluding hydrogens is 544 g/mol. The summed E-state index contributed by atoms with van der Waals surface area (Å²) >= 11 is 0. The molecule has 0 saturated carbocycles. The van der Waals surface area contributed by atoms with Crippen LogP contribution in [0.25, 0.3) is 0 Å². The SMILES string of the molecule is C/C=C\C=C/CC1(c2ccccc2)C2=C(CCC=C2)N(c2cccc(N3C4C=CC=CC4C4C=CC=CC43)c2)c2ccccc21. The highest BCUT2D eigenvalue weighted by Gasteiger charge is 2.47. The van der Waals surface area contributed by atoms with Gasteiger partial charge in [0.15, 0.2) is 0 Å². The largest absolute Gasteiger partial charge is 0.357 e. The Kier molecular flexibility index (Phi) is 7.14. The molecule has 0 spiro atoms. The van der Waals surface area contributed by atoms with Crippen LogP contribution in [0.5, 0.6) is 0 Å². The van der Waals surface area contributed by atoms with Crippen molar-refractivity contribution in [1.29, 1.82) is 0 Å². The summed E-state index contributed by atoms with van der Waals surface area (Å²) in [5, 5.41) is 0. The Morgan fingerprint density at radius 1 is 0.756 bits per heavy atom. The van der Waals surface area contributed by atoms with Crippen LogP contribution in [0, 0.1) is 11.8 Å². The smallest absolute Gasteiger partial charge is 0.0551 e. The molecule has 0 N–H and O–H groups in total. The Morgan fingerprint density at radius 3 is 2.24 bits per heavy atom. The van der Waals surface area contributed by atoms with Crippen molar-refractivity contribution >= 4 is 17.1 Å². The predicted octanol–water partition coefficient (Wildman–Crippen LogP) is 10.3. The molecule has 222 valence electrons. The van der Waals surface area contributed by atoms with Crippen molar-refractivity contribution in [2.75, 3.05) is 9.80 Å². The normalized spacial score (nSPS) is 27.8. The van der Waals surface area contributed by atoms with E-state index in [1.54, 1.807) is 0 Å². The first-order valence-electron chi connectivity index (χ1n) is 16.5. The van der Waals surface area contributed by atoms with Gasteiger partial charge in [-0.15, -0.1) is 0 Å². The number of allylic oxidation sites excluding steroid dienone is 12. The van der Waals surface area contributed by atoms with Gasteiger partial charge in [-0.2, -0.15) is 0 Å². The average Bonchev–Trinajstić information content (AvgIpc) is 3.45. The monoisotopic (exact) mass is 584 g/mol. The molecule has 5 aliphatic rings. The second-order valence-corrected chi connectivity index (χ2v) is 12.7. The van der Waals surface area contributed by atoms with Crippen LogP contribution < -0.4 is 9.80 Å². The lowest BCUT2D eigenvalue weighted by Crippen LogP contribution is -2.39. The van der Waals surface area contributed by atoms with Gasteiger partial charge in [0.05, 0.1) is 23.2 Å². The maximum absolute atomic E-state index is 2.66. The molecule has 3 aromatic rings. The van der Waals surface area contributed by atoms with E-state index in [1.807, 2.05) is 0 Å². The first kappa shape index (κ1) is 27.7. The van der Waals surface area contributed by atoms with Gasteiger partial charge in [0.25, 0.3) is 0 Å². The molecule has 8 rings (SSSR count). The molecule has 0 aromatic heterocycles. The van der Waals surface area contributed by atoms with E-state index in [2.05, 4.69) is 181 Å². The molecule has 1 fully saturated rings. The Balaban J connectivity index is 1.30. The highest BCUT2D eigenvalue weighted by Crippen LogP contribution is 2.56. The van der Waals surface area contributed by atoms with E-state index in [0.717, 1.165) is 19.3 Å². The first-order valence-corrected chi connectivity index (χ1v) is 16.5. The van der Waals surface area contributed by atoms with E-state index >= 15 is 0 Å². The molecule has 3 aliphatic carbocycles. The molecule has 0 amide bonds. The van der Waals surface area contributed by atoms with Crippen LogP contribution in [-0.4, -0.2) is 12.1 Å². The molecule has 3 aromatic carbocycles. The van der Waals surface area contributed by atoms with Gasteiger partial charge in [-0.05, 0) is 67.2 Å². The maximum Gasteiger partial charge on any atom is 0.0551 e. The number of rotatable bonds is 6. The molecule has 2 nitrogen and oxygen atoms in total. The van der Waals surface area contributed by atoms with E-state index in [-0.39, 0.29) is 5.41 Å². The van der Waals surface area contributed by atoms with Gasteiger partial charge in [0.2, 0.25) is 0 Å². The standard InChI is InChI=1S/C43H40N2/c1-2-3-4-16-30-43(32-18-6-5-7-19-32)37-24-10-14-28-41(37)45(42-29-15-11-25-38(42)43)34-21-17-20-33(31-34)44-39-26-12-8-22-35(39)36-23-9-13-27-40(36)44/h2-14,16-28,31,35-36,39-40H,15,29-30H2,1H3/b3-2-,16-4-. The molecule has 2 heteroatoms. The first-order chi connectivity index (χ1) is 22.3. The van der Waals surface area contributed by atoms with Gasteiger partial charge in [0, 0.05) is 28.9 Å². The minimum atomic E-state index is -0.274. The number of anilines is 3. The van der Waals surface area contributed by atoms with Crippen molar-refractivity contribution < 1.29 is 0 Å². The van der Waals surface area contributed by atoms with E-state index in [4.69, 9.17) is 0 Å². The number of nitrogens with zero attached hydrogens (tertiary/aromatic N) is 2. The highest BCUT2D eigenvalue weighted by molar-refractivity contribution is 5.82. The molecule has 0 radical (unpaired) electrons. The van der Waals surface area contributed by atoms with Gasteiger partial charge in [-0.1, -0.05) is 140 Å². The lowest BCUT2D eigenvalue weighted by Gasteiger charge is -2.48. The summed E-state index contributed by atoms with van der Waals surface area (Å²) < 4.78 is 0. The fourth-order valence-corrected chi connectivity index (χ4v) is 8.52. The molecule has 1 saturated heterocycles. The van der Waals surface area contributed by atoms with Crippen molar-refractivity contribution in [1.82, 2.24) is 0 Å². The van der Waals surface area contributed by atoms with E-state index in [0.29, 0.717) is 23.9 Å². The second kappa shape index (κ2) is 11.6. The number of hydrogen-bond donors (Lipinski definition) is 0. The zero-order chi connectivity index (χ0) is 30.2. The Morgan fingerprint density at radius 2 is 1.47 bits per heavy atom. The van der Waals surface area contributed by atoms with Gasteiger partial charge >= 0.3 is 0 Å². The van der Waals surface area contributed by atoms with Gasteiger partial charge in [-0.25, -0.2) is 0 Å². The predicted molar refractivity (Wildman–Crippen MR) is 190 cm³/mol. The second-order valence-electron chi connectivity index (χ2n) is 12.7. The summed E-state index contributed by atoms with van der Waals surface area (Å²) in [4.78, 5) is 5.23. The van der Waals surface area contributed by atoms with Crippen LogP contribution >= 0.6 is 0 Å². The van der Waals surface area contributed by atoms with Crippen LogP contribution in [0.1, 0.15) is 37.3 Å². The average molecular weight is 585 g/mol. The molecule has 2 aliphatic heterocycles.